The van der Waals surface area contributed by atoms with Gasteiger partial charge in [0.1, 0.15) is 0 Å². The summed E-state index contributed by atoms with van der Waals surface area (Å²) in [6.45, 7) is 7.78. The fourth-order valence-electron chi connectivity index (χ4n) is 4.53. The van der Waals surface area contributed by atoms with Crippen molar-refractivity contribution in [3.63, 3.8) is 0 Å². The molecule has 0 unspecified atom stereocenters. The van der Waals surface area contributed by atoms with E-state index >= 15 is 0 Å². The number of hydrogen-bond acceptors (Lipinski definition) is 3. The quantitative estimate of drug-likeness (QED) is 0.813. The van der Waals surface area contributed by atoms with E-state index in [1.54, 1.807) is 7.11 Å². The second-order valence-electron chi connectivity index (χ2n) is 7.70. The second kappa shape index (κ2) is 5.81. The number of piperidine rings is 1. The van der Waals surface area contributed by atoms with Gasteiger partial charge in [0.2, 0.25) is 0 Å². The first-order chi connectivity index (χ1) is 11.3. The van der Waals surface area contributed by atoms with Crippen molar-refractivity contribution in [2.75, 3.05) is 20.2 Å². The van der Waals surface area contributed by atoms with Crippen LogP contribution >= 0.6 is 0 Å². The first-order valence-corrected chi connectivity index (χ1v) is 8.43. The Labute approximate surface area is 143 Å². The Balaban J connectivity index is 2.14. The summed E-state index contributed by atoms with van der Waals surface area (Å²) in [5, 5.41) is 9.31. The summed E-state index contributed by atoms with van der Waals surface area (Å²) in [6, 6.07) is 8.42. The summed E-state index contributed by atoms with van der Waals surface area (Å²) < 4.78 is 0. The molecule has 1 aliphatic carbocycles. The van der Waals surface area contributed by atoms with Gasteiger partial charge >= 0.3 is 6.09 Å². The maximum absolute atomic E-state index is 11.3. The van der Waals surface area contributed by atoms with Crippen LogP contribution in [0.3, 0.4) is 0 Å². The minimum atomic E-state index is -0.826. The molecule has 0 aromatic heterocycles. The molecule has 5 nitrogen and oxygen atoms in total. The standard InChI is InChI=1S/C19H26N2O3/c1-18(2,3)16-15(20-24-4)13-7-5-6-8-14(13)19(16)9-11-21(12-10-19)17(22)23/h5-8,20H,9-12H2,1-4H3,(H,22,23). The van der Waals surface area contributed by atoms with E-state index in [4.69, 9.17) is 4.84 Å². The van der Waals surface area contributed by atoms with Crippen molar-refractivity contribution < 1.29 is 14.7 Å². The largest absolute Gasteiger partial charge is 0.465 e. The Bertz CT molecular complexity index is 680. The number of nitrogens with one attached hydrogen (secondary N) is 1. The molecule has 1 saturated heterocycles. The molecule has 3 rings (SSSR count). The highest BCUT2D eigenvalue weighted by molar-refractivity contribution is 5.80. The molecule has 1 aliphatic heterocycles. The molecule has 0 radical (unpaired) electrons. The highest BCUT2D eigenvalue weighted by Crippen LogP contribution is 2.56. The number of benzene rings is 1. The van der Waals surface area contributed by atoms with Gasteiger partial charge in [0.05, 0.1) is 12.8 Å². The van der Waals surface area contributed by atoms with Crippen molar-refractivity contribution in [2.45, 2.75) is 39.0 Å². The molecule has 130 valence electrons. The number of carboxylic acid groups (broad SMARTS) is 1. The molecule has 24 heavy (non-hydrogen) atoms. The van der Waals surface area contributed by atoms with Crippen LogP contribution in [0.2, 0.25) is 0 Å². The summed E-state index contributed by atoms with van der Waals surface area (Å²) in [6.07, 6.45) is 0.781. The molecule has 1 heterocycles. The van der Waals surface area contributed by atoms with Gasteiger partial charge in [0, 0.05) is 24.1 Å². The second-order valence-corrected chi connectivity index (χ2v) is 7.70. The van der Waals surface area contributed by atoms with Crippen LogP contribution in [0.15, 0.2) is 29.8 Å². The number of hydrogen-bond donors (Lipinski definition) is 2. The number of nitrogens with zero attached hydrogens (tertiary/aromatic N) is 1. The Morgan fingerprint density at radius 1 is 1.25 bits per heavy atom. The smallest absolute Gasteiger partial charge is 0.407 e. The number of allylic oxidation sites excluding steroid dienone is 1. The van der Waals surface area contributed by atoms with Crippen molar-refractivity contribution in [1.29, 1.82) is 0 Å². The van der Waals surface area contributed by atoms with Crippen molar-refractivity contribution in [2.24, 2.45) is 5.41 Å². The third-order valence-corrected chi connectivity index (χ3v) is 5.28. The lowest BCUT2D eigenvalue weighted by Gasteiger charge is -2.45. The predicted molar refractivity (Wildman–Crippen MR) is 93.5 cm³/mol. The molecule has 1 spiro atoms. The number of fused-ring (bicyclic) bond motifs is 2. The topological polar surface area (TPSA) is 61.8 Å². The molecule has 5 heteroatoms. The number of amides is 1. The van der Waals surface area contributed by atoms with Crippen LogP contribution in [-0.2, 0) is 10.3 Å². The SMILES string of the molecule is CONC1=C(C(C)(C)C)C2(CCN(C(=O)O)CC2)c2ccccc21. The zero-order chi connectivity index (χ0) is 17.5. The van der Waals surface area contributed by atoms with Crippen LogP contribution in [0.25, 0.3) is 5.70 Å². The molecule has 0 saturated carbocycles. The van der Waals surface area contributed by atoms with Crippen molar-refractivity contribution in [3.8, 4) is 0 Å². The van der Waals surface area contributed by atoms with Gasteiger partial charge in [-0.1, -0.05) is 45.0 Å². The number of rotatable bonds is 2. The van der Waals surface area contributed by atoms with Gasteiger partial charge in [-0.25, -0.2) is 4.79 Å². The van der Waals surface area contributed by atoms with E-state index in [1.165, 1.54) is 21.6 Å². The Morgan fingerprint density at radius 3 is 2.42 bits per heavy atom. The maximum atomic E-state index is 11.3. The van der Waals surface area contributed by atoms with Crippen LogP contribution in [0.5, 0.6) is 0 Å². The van der Waals surface area contributed by atoms with Gasteiger partial charge in [-0.15, -0.1) is 0 Å². The minimum Gasteiger partial charge on any atom is -0.465 e. The molecule has 0 bridgehead atoms. The van der Waals surface area contributed by atoms with E-state index in [1.807, 2.05) is 6.07 Å². The zero-order valence-electron chi connectivity index (χ0n) is 14.8. The number of hydroxylamine groups is 1. The van der Waals surface area contributed by atoms with Crippen LogP contribution in [0, 0.1) is 5.41 Å². The number of carbonyl (C=O) groups is 1. The highest BCUT2D eigenvalue weighted by atomic mass is 16.6. The van der Waals surface area contributed by atoms with Gasteiger partial charge in [-0.2, -0.15) is 0 Å². The van der Waals surface area contributed by atoms with Crippen molar-refractivity contribution in [3.05, 3.63) is 41.0 Å². The molecule has 2 aliphatic rings. The van der Waals surface area contributed by atoms with Gasteiger partial charge in [-0.05, 0) is 29.4 Å². The van der Waals surface area contributed by atoms with Gasteiger partial charge in [-0.3, -0.25) is 10.3 Å². The summed E-state index contributed by atoms with van der Waals surface area (Å²) in [4.78, 5) is 18.1. The lowest BCUT2D eigenvalue weighted by molar-refractivity contribution is 0.118. The van der Waals surface area contributed by atoms with Crippen LogP contribution in [-0.4, -0.2) is 36.3 Å². The van der Waals surface area contributed by atoms with Crippen LogP contribution in [0.1, 0.15) is 44.7 Å². The molecule has 0 atom stereocenters. The summed E-state index contributed by atoms with van der Waals surface area (Å²) in [5.74, 6) is 0. The highest BCUT2D eigenvalue weighted by Gasteiger charge is 2.50. The van der Waals surface area contributed by atoms with Crippen molar-refractivity contribution in [1.82, 2.24) is 10.4 Å². The zero-order valence-corrected chi connectivity index (χ0v) is 14.8. The lowest BCUT2D eigenvalue weighted by atomic mass is 9.63. The van der Waals surface area contributed by atoms with E-state index in [0.29, 0.717) is 13.1 Å². The summed E-state index contributed by atoms with van der Waals surface area (Å²) in [5.41, 5.74) is 7.77. The third-order valence-electron chi connectivity index (χ3n) is 5.28. The molecule has 1 amide bonds. The monoisotopic (exact) mass is 330 g/mol. The molecule has 1 fully saturated rings. The number of likely N-dealkylation sites (tertiary alicyclic amines) is 1. The Morgan fingerprint density at radius 2 is 1.88 bits per heavy atom. The molecule has 2 N–H and O–H groups in total. The lowest BCUT2D eigenvalue weighted by Crippen LogP contribution is -2.46. The summed E-state index contributed by atoms with van der Waals surface area (Å²) >= 11 is 0. The van der Waals surface area contributed by atoms with Crippen LogP contribution < -0.4 is 5.48 Å². The minimum absolute atomic E-state index is 0.0503. The van der Waals surface area contributed by atoms with Gasteiger partial charge < -0.3 is 10.0 Å². The molecule has 1 aromatic rings. The average molecular weight is 330 g/mol. The third kappa shape index (κ3) is 2.47. The predicted octanol–water partition coefficient (Wildman–Crippen LogP) is 3.62. The van der Waals surface area contributed by atoms with Gasteiger partial charge in [0.25, 0.3) is 0 Å². The van der Waals surface area contributed by atoms with E-state index < -0.39 is 6.09 Å². The maximum Gasteiger partial charge on any atom is 0.407 e. The van der Waals surface area contributed by atoms with E-state index in [2.05, 4.69) is 44.5 Å². The van der Waals surface area contributed by atoms with Crippen LogP contribution in [0.4, 0.5) is 4.79 Å². The molecular weight excluding hydrogens is 304 g/mol. The summed E-state index contributed by atoms with van der Waals surface area (Å²) in [7, 11) is 1.63. The average Bonchev–Trinajstić information content (AvgIpc) is 2.79. The van der Waals surface area contributed by atoms with E-state index in [-0.39, 0.29) is 10.8 Å². The Kier molecular flexibility index (Phi) is 4.08. The first-order valence-electron chi connectivity index (χ1n) is 8.43. The van der Waals surface area contributed by atoms with Crippen molar-refractivity contribution >= 4 is 11.8 Å². The fourth-order valence-corrected chi connectivity index (χ4v) is 4.53. The Hall–Kier alpha value is -2.01. The van der Waals surface area contributed by atoms with Gasteiger partial charge in [0.15, 0.2) is 0 Å². The fraction of sp³-hybridized carbons (Fsp3) is 0.526. The first kappa shape index (κ1) is 16.8. The van der Waals surface area contributed by atoms with E-state index in [9.17, 15) is 9.90 Å². The van der Waals surface area contributed by atoms with E-state index in [0.717, 1.165) is 18.5 Å². The normalized spacial score (nSPS) is 19.6. The molecule has 1 aromatic carbocycles. The molecular formula is C19H26N2O3.